The van der Waals surface area contributed by atoms with E-state index in [1.165, 1.54) is 12.8 Å². The van der Waals surface area contributed by atoms with Gasteiger partial charge in [-0.2, -0.15) is 0 Å². The number of hydrogen-bond acceptors (Lipinski definition) is 2. The Morgan fingerprint density at radius 1 is 1.26 bits per heavy atom. The van der Waals surface area contributed by atoms with Crippen molar-refractivity contribution in [1.82, 2.24) is 9.88 Å². The molecule has 0 spiro atoms. The summed E-state index contributed by atoms with van der Waals surface area (Å²) < 4.78 is 2.12. The normalized spacial score (nSPS) is 18.1. The highest BCUT2D eigenvalue weighted by Crippen LogP contribution is 2.24. The molecule has 1 saturated heterocycles. The van der Waals surface area contributed by atoms with Crippen LogP contribution in [0.2, 0.25) is 5.02 Å². The Balaban J connectivity index is 1.85. The standard InChI is InChI=1S/C19H23ClN2O/c1-13-11-18(19(23)12-16-5-3-4-10-21-16)14(2)22(13)17-8-6-15(20)7-9-17/h6-9,11,16,21H,3-5,10,12H2,1-2H3. The zero-order valence-electron chi connectivity index (χ0n) is 13.7. The summed E-state index contributed by atoms with van der Waals surface area (Å²) in [7, 11) is 0. The van der Waals surface area contributed by atoms with Crippen LogP contribution < -0.4 is 5.32 Å². The predicted molar refractivity (Wildman–Crippen MR) is 94.8 cm³/mol. The van der Waals surface area contributed by atoms with Crippen LogP contribution in [0, 0.1) is 13.8 Å². The lowest BCUT2D eigenvalue weighted by Crippen LogP contribution is -2.35. The first kappa shape index (κ1) is 16.3. The van der Waals surface area contributed by atoms with E-state index in [1.807, 2.05) is 44.2 Å². The molecule has 3 rings (SSSR count). The highest BCUT2D eigenvalue weighted by molar-refractivity contribution is 6.30. The van der Waals surface area contributed by atoms with E-state index in [4.69, 9.17) is 11.6 Å². The molecule has 1 N–H and O–H groups in total. The zero-order chi connectivity index (χ0) is 16.4. The topological polar surface area (TPSA) is 34.0 Å². The second-order valence-electron chi connectivity index (χ2n) is 6.37. The number of piperidine rings is 1. The molecular formula is C19H23ClN2O. The number of rotatable bonds is 4. The van der Waals surface area contributed by atoms with E-state index in [-0.39, 0.29) is 5.78 Å². The molecule has 1 fully saturated rings. The molecule has 1 unspecified atom stereocenters. The first-order chi connectivity index (χ1) is 11.1. The van der Waals surface area contributed by atoms with Gasteiger partial charge in [0.05, 0.1) is 0 Å². The fraction of sp³-hybridized carbons (Fsp3) is 0.421. The lowest BCUT2D eigenvalue weighted by atomic mass is 9.97. The highest BCUT2D eigenvalue weighted by atomic mass is 35.5. The molecule has 0 bridgehead atoms. The van der Waals surface area contributed by atoms with Crippen LogP contribution in [0.4, 0.5) is 0 Å². The third-order valence-electron chi connectivity index (χ3n) is 4.66. The summed E-state index contributed by atoms with van der Waals surface area (Å²) in [4.78, 5) is 12.7. The predicted octanol–water partition coefficient (Wildman–Crippen LogP) is 4.46. The van der Waals surface area contributed by atoms with Crippen LogP contribution in [-0.4, -0.2) is 22.9 Å². The van der Waals surface area contributed by atoms with E-state index in [1.54, 1.807) is 0 Å². The van der Waals surface area contributed by atoms with Crippen molar-refractivity contribution >= 4 is 17.4 Å². The van der Waals surface area contributed by atoms with E-state index in [2.05, 4.69) is 9.88 Å². The molecule has 2 heterocycles. The van der Waals surface area contributed by atoms with Gasteiger partial charge in [-0.1, -0.05) is 18.0 Å². The smallest absolute Gasteiger partial charge is 0.166 e. The van der Waals surface area contributed by atoms with Crippen molar-refractivity contribution in [2.45, 2.75) is 45.6 Å². The summed E-state index contributed by atoms with van der Waals surface area (Å²) in [5.41, 5.74) is 3.96. The Labute approximate surface area is 142 Å². The molecule has 3 nitrogen and oxygen atoms in total. The molecule has 4 heteroatoms. The number of benzene rings is 1. The van der Waals surface area contributed by atoms with Gasteiger partial charge in [-0.3, -0.25) is 4.79 Å². The van der Waals surface area contributed by atoms with Gasteiger partial charge in [0, 0.05) is 40.1 Å². The number of hydrogen-bond donors (Lipinski definition) is 1. The van der Waals surface area contributed by atoms with Gasteiger partial charge in [0.1, 0.15) is 0 Å². The molecule has 0 saturated carbocycles. The minimum Gasteiger partial charge on any atom is -0.318 e. The molecule has 122 valence electrons. The minimum atomic E-state index is 0.234. The number of Topliss-reactive ketones (excluding diaryl/α,β-unsaturated/α-hetero) is 1. The van der Waals surface area contributed by atoms with Gasteiger partial charge in [-0.05, 0) is 63.6 Å². The molecule has 1 aromatic carbocycles. The summed E-state index contributed by atoms with van der Waals surface area (Å²) in [5.74, 6) is 0.234. The first-order valence-electron chi connectivity index (χ1n) is 8.27. The number of carbonyl (C=O) groups excluding carboxylic acids is 1. The summed E-state index contributed by atoms with van der Waals surface area (Å²) in [6.45, 7) is 5.09. The first-order valence-corrected chi connectivity index (χ1v) is 8.65. The van der Waals surface area contributed by atoms with Crippen LogP contribution in [-0.2, 0) is 0 Å². The van der Waals surface area contributed by atoms with Gasteiger partial charge in [-0.25, -0.2) is 0 Å². The van der Waals surface area contributed by atoms with Crippen LogP contribution in [0.3, 0.4) is 0 Å². The minimum absolute atomic E-state index is 0.234. The van der Waals surface area contributed by atoms with Crippen molar-refractivity contribution in [3.05, 3.63) is 52.3 Å². The van der Waals surface area contributed by atoms with Gasteiger partial charge in [-0.15, -0.1) is 0 Å². The largest absolute Gasteiger partial charge is 0.318 e. The summed E-state index contributed by atoms with van der Waals surface area (Å²) in [5, 5.41) is 4.17. The number of aryl methyl sites for hydroxylation is 1. The summed E-state index contributed by atoms with van der Waals surface area (Å²) in [6.07, 6.45) is 4.12. The van der Waals surface area contributed by atoms with Crippen molar-refractivity contribution in [3.8, 4) is 5.69 Å². The van der Waals surface area contributed by atoms with Crippen LogP contribution in [0.5, 0.6) is 0 Å². The number of nitrogens with zero attached hydrogens (tertiary/aromatic N) is 1. The van der Waals surface area contributed by atoms with E-state index in [9.17, 15) is 4.79 Å². The fourth-order valence-electron chi connectivity index (χ4n) is 3.46. The number of nitrogens with one attached hydrogen (secondary N) is 1. The van der Waals surface area contributed by atoms with Crippen molar-refractivity contribution in [1.29, 1.82) is 0 Å². The molecule has 1 aliphatic rings. The number of ketones is 1. The maximum absolute atomic E-state index is 12.7. The molecule has 2 aromatic rings. The molecule has 23 heavy (non-hydrogen) atoms. The zero-order valence-corrected chi connectivity index (χ0v) is 14.5. The molecule has 1 aromatic heterocycles. The van der Waals surface area contributed by atoms with Crippen LogP contribution in [0.25, 0.3) is 5.69 Å². The Kier molecular flexibility index (Phi) is 4.88. The second-order valence-corrected chi connectivity index (χ2v) is 6.81. The van der Waals surface area contributed by atoms with E-state index >= 15 is 0 Å². The molecular weight excluding hydrogens is 308 g/mol. The Hall–Kier alpha value is -1.58. The third kappa shape index (κ3) is 3.51. The Morgan fingerprint density at radius 3 is 2.65 bits per heavy atom. The van der Waals surface area contributed by atoms with Crippen molar-refractivity contribution in [2.24, 2.45) is 0 Å². The molecule has 0 aliphatic carbocycles. The van der Waals surface area contributed by atoms with E-state index in [0.29, 0.717) is 12.5 Å². The van der Waals surface area contributed by atoms with Crippen LogP contribution in [0.15, 0.2) is 30.3 Å². The molecule has 1 aliphatic heterocycles. The number of carbonyl (C=O) groups is 1. The number of halogens is 1. The lowest BCUT2D eigenvalue weighted by molar-refractivity contribution is 0.0963. The fourth-order valence-corrected chi connectivity index (χ4v) is 3.59. The van der Waals surface area contributed by atoms with Crippen molar-refractivity contribution in [3.63, 3.8) is 0 Å². The van der Waals surface area contributed by atoms with Crippen molar-refractivity contribution in [2.75, 3.05) is 6.54 Å². The maximum Gasteiger partial charge on any atom is 0.166 e. The average Bonchev–Trinajstić information content (AvgIpc) is 2.84. The summed E-state index contributed by atoms with van der Waals surface area (Å²) in [6, 6.07) is 10.1. The highest BCUT2D eigenvalue weighted by Gasteiger charge is 2.21. The molecule has 0 amide bonds. The molecule has 1 atom stereocenters. The lowest BCUT2D eigenvalue weighted by Gasteiger charge is -2.22. The Bertz CT molecular complexity index is 697. The van der Waals surface area contributed by atoms with E-state index in [0.717, 1.165) is 40.6 Å². The van der Waals surface area contributed by atoms with Gasteiger partial charge in [0.15, 0.2) is 5.78 Å². The quantitative estimate of drug-likeness (QED) is 0.840. The van der Waals surface area contributed by atoms with E-state index < -0.39 is 0 Å². The average molecular weight is 331 g/mol. The third-order valence-corrected chi connectivity index (χ3v) is 4.91. The van der Waals surface area contributed by atoms with Crippen LogP contribution >= 0.6 is 11.6 Å². The summed E-state index contributed by atoms with van der Waals surface area (Å²) >= 11 is 5.97. The monoisotopic (exact) mass is 330 g/mol. The Morgan fingerprint density at radius 2 is 2.00 bits per heavy atom. The SMILES string of the molecule is Cc1cc(C(=O)CC2CCCCN2)c(C)n1-c1ccc(Cl)cc1. The molecule has 0 radical (unpaired) electrons. The van der Waals surface area contributed by atoms with Gasteiger partial charge in [0.25, 0.3) is 0 Å². The van der Waals surface area contributed by atoms with Gasteiger partial charge >= 0.3 is 0 Å². The van der Waals surface area contributed by atoms with Crippen LogP contribution in [0.1, 0.15) is 47.4 Å². The number of aromatic nitrogens is 1. The van der Waals surface area contributed by atoms with Crippen molar-refractivity contribution < 1.29 is 4.79 Å². The second kappa shape index (κ2) is 6.90. The van der Waals surface area contributed by atoms with Gasteiger partial charge < -0.3 is 9.88 Å². The maximum atomic E-state index is 12.7. The van der Waals surface area contributed by atoms with Gasteiger partial charge in [0.2, 0.25) is 0 Å².